The van der Waals surface area contributed by atoms with Gasteiger partial charge in [0, 0.05) is 0 Å². The molecule has 1 aromatic rings. The Labute approximate surface area is 111 Å². The lowest BCUT2D eigenvalue weighted by molar-refractivity contribution is 0.355. The van der Waals surface area contributed by atoms with Crippen LogP contribution in [0.4, 0.5) is 0 Å². The van der Waals surface area contributed by atoms with Gasteiger partial charge in [-0.3, -0.25) is 0 Å². The van der Waals surface area contributed by atoms with Crippen molar-refractivity contribution in [3.8, 4) is 11.5 Å². The van der Waals surface area contributed by atoms with E-state index in [4.69, 9.17) is 9.47 Å². The van der Waals surface area contributed by atoms with E-state index in [1.165, 1.54) is 36.8 Å². The van der Waals surface area contributed by atoms with Gasteiger partial charge in [0.25, 0.3) is 0 Å². The second-order valence-corrected chi connectivity index (χ2v) is 4.56. The van der Waals surface area contributed by atoms with Gasteiger partial charge in [0.05, 0.1) is 14.2 Å². The van der Waals surface area contributed by atoms with Crippen LogP contribution in [0.1, 0.15) is 45.1 Å². The van der Waals surface area contributed by atoms with E-state index in [1.54, 1.807) is 14.2 Å². The number of benzene rings is 1. The minimum atomic E-state index is 0.776. The topological polar surface area (TPSA) is 18.5 Å². The molecule has 0 saturated carbocycles. The van der Waals surface area contributed by atoms with Crippen molar-refractivity contribution < 1.29 is 9.47 Å². The van der Waals surface area contributed by atoms with Gasteiger partial charge >= 0.3 is 0 Å². The van der Waals surface area contributed by atoms with Crippen molar-refractivity contribution in [1.29, 1.82) is 0 Å². The van der Waals surface area contributed by atoms with Crippen LogP contribution in [0.2, 0.25) is 0 Å². The molecule has 2 heteroatoms. The van der Waals surface area contributed by atoms with E-state index in [1.807, 2.05) is 12.1 Å². The molecule has 2 nitrogen and oxygen atoms in total. The normalized spacial score (nSPS) is 11.4. The molecule has 0 aliphatic heterocycles. The monoisotopic (exact) mass is 248 g/mol. The number of hydrogen-bond acceptors (Lipinski definition) is 2. The van der Waals surface area contributed by atoms with Crippen LogP contribution in [0.25, 0.3) is 6.08 Å². The Balaban J connectivity index is 2.74. The van der Waals surface area contributed by atoms with Gasteiger partial charge in [-0.2, -0.15) is 0 Å². The van der Waals surface area contributed by atoms with Crippen LogP contribution in [-0.4, -0.2) is 14.2 Å². The summed E-state index contributed by atoms with van der Waals surface area (Å²) in [5.41, 5.74) is 2.58. The Kier molecular flexibility index (Phi) is 6.34. The van der Waals surface area contributed by atoms with E-state index in [0.717, 1.165) is 11.5 Å². The molecule has 0 spiro atoms. The maximum atomic E-state index is 5.30. The SMILES string of the molecule is CCCCC/C(C)=C\c1ccc(OC)c(OC)c1. The molecule has 0 fully saturated rings. The summed E-state index contributed by atoms with van der Waals surface area (Å²) in [6.07, 6.45) is 7.23. The summed E-state index contributed by atoms with van der Waals surface area (Å²) in [5, 5.41) is 0. The van der Waals surface area contributed by atoms with Gasteiger partial charge in [0.15, 0.2) is 11.5 Å². The summed E-state index contributed by atoms with van der Waals surface area (Å²) in [4.78, 5) is 0. The highest BCUT2D eigenvalue weighted by atomic mass is 16.5. The first-order chi connectivity index (χ1) is 8.71. The minimum Gasteiger partial charge on any atom is -0.493 e. The molecule has 0 atom stereocenters. The Morgan fingerprint density at radius 2 is 1.83 bits per heavy atom. The van der Waals surface area contributed by atoms with Gasteiger partial charge < -0.3 is 9.47 Å². The molecule has 0 aliphatic carbocycles. The molecule has 0 amide bonds. The predicted molar refractivity (Wildman–Crippen MR) is 77.3 cm³/mol. The van der Waals surface area contributed by atoms with Crippen molar-refractivity contribution >= 4 is 6.08 Å². The average Bonchev–Trinajstić information content (AvgIpc) is 2.39. The molecule has 1 rings (SSSR count). The molecule has 0 heterocycles. The van der Waals surface area contributed by atoms with Crippen LogP contribution in [0.15, 0.2) is 23.8 Å². The first-order valence-corrected chi connectivity index (χ1v) is 6.60. The third kappa shape index (κ3) is 4.44. The zero-order valence-corrected chi connectivity index (χ0v) is 12.0. The first kappa shape index (κ1) is 14.6. The molecule has 100 valence electrons. The fourth-order valence-corrected chi connectivity index (χ4v) is 1.95. The Hall–Kier alpha value is -1.44. The summed E-state index contributed by atoms with van der Waals surface area (Å²) in [5.74, 6) is 1.56. The highest BCUT2D eigenvalue weighted by Crippen LogP contribution is 2.28. The van der Waals surface area contributed by atoms with Crippen LogP contribution in [0.3, 0.4) is 0 Å². The molecule has 18 heavy (non-hydrogen) atoms. The van der Waals surface area contributed by atoms with E-state index >= 15 is 0 Å². The van der Waals surface area contributed by atoms with Crippen molar-refractivity contribution in [2.45, 2.75) is 39.5 Å². The molecule has 0 N–H and O–H groups in total. The number of methoxy groups -OCH3 is 2. The van der Waals surface area contributed by atoms with Gasteiger partial charge in [0.1, 0.15) is 0 Å². The number of rotatable bonds is 7. The van der Waals surface area contributed by atoms with Crippen LogP contribution in [0.5, 0.6) is 11.5 Å². The Morgan fingerprint density at radius 3 is 2.44 bits per heavy atom. The van der Waals surface area contributed by atoms with E-state index in [9.17, 15) is 0 Å². The molecule has 0 aliphatic rings. The van der Waals surface area contributed by atoms with Crippen LogP contribution < -0.4 is 9.47 Å². The molecule has 0 saturated heterocycles. The van der Waals surface area contributed by atoms with Gasteiger partial charge in [0.2, 0.25) is 0 Å². The van der Waals surface area contributed by atoms with Crippen molar-refractivity contribution in [3.63, 3.8) is 0 Å². The Morgan fingerprint density at radius 1 is 1.11 bits per heavy atom. The van der Waals surface area contributed by atoms with E-state index < -0.39 is 0 Å². The van der Waals surface area contributed by atoms with E-state index in [-0.39, 0.29) is 0 Å². The summed E-state index contributed by atoms with van der Waals surface area (Å²) in [6.45, 7) is 4.42. The highest BCUT2D eigenvalue weighted by Gasteiger charge is 2.03. The van der Waals surface area contributed by atoms with Crippen LogP contribution >= 0.6 is 0 Å². The number of ether oxygens (including phenoxy) is 2. The summed E-state index contributed by atoms with van der Waals surface area (Å²) < 4.78 is 10.5. The van der Waals surface area contributed by atoms with Gasteiger partial charge in [-0.1, -0.05) is 37.5 Å². The molecule has 0 bridgehead atoms. The van der Waals surface area contributed by atoms with Crippen molar-refractivity contribution in [2.75, 3.05) is 14.2 Å². The number of allylic oxidation sites excluding steroid dienone is 1. The highest BCUT2D eigenvalue weighted by molar-refractivity contribution is 5.57. The van der Waals surface area contributed by atoms with Crippen LogP contribution in [-0.2, 0) is 0 Å². The third-order valence-corrected chi connectivity index (χ3v) is 3.00. The summed E-state index contributed by atoms with van der Waals surface area (Å²) >= 11 is 0. The standard InChI is InChI=1S/C16H24O2/c1-5-6-7-8-13(2)11-14-9-10-15(17-3)16(12-14)18-4/h9-12H,5-8H2,1-4H3/b13-11-. The molecular weight excluding hydrogens is 224 g/mol. The minimum absolute atomic E-state index is 0.776. The molecule has 0 radical (unpaired) electrons. The first-order valence-electron chi connectivity index (χ1n) is 6.60. The van der Waals surface area contributed by atoms with E-state index in [0.29, 0.717) is 0 Å². The van der Waals surface area contributed by atoms with Gasteiger partial charge in [-0.05, 0) is 37.5 Å². The second-order valence-electron chi connectivity index (χ2n) is 4.56. The fraction of sp³-hybridized carbons (Fsp3) is 0.500. The third-order valence-electron chi connectivity index (χ3n) is 3.00. The lowest BCUT2D eigenvalue weighted by Crippen LogP contribution is -1.90. The maximum absolute atomic E-state index is 5.30. The molecule has 1 aromatic carbocycles. The predicted octanol–water partition coefficient (Wildman–Crippen LogP) is 4.69. The zero-order valence-electron chi connectivity index (χ0n) is 12.0. The lowest BCUT2D eigenvalue weighted by atomic mass is 10.1. The number of hydrogen-bond donors (Lipinski definition) is 0. The summed E-state index contributed by atoms with van der Waals surface area (Å²) in [6, 6.07) is 6.02. The smallest absolute Gasteiger partial charge is 0.161 e. The maximum Gasteiger partial charge on any atom is 0.161 e. The quantitative estimate of drug-likeness (QED) is 0.652. The second kappa shape index (κ2) is 7.80. The lowest BCUT2D eigenvalue weighted by Gasteiger charge is -2.08. The molecule has 0 aromatic heterocycles. The van der Waals surface area contributed by atoms with Crippen LogP contribution in [0, 0.1) is 0 Å². The van der Waals surface area contributed by atoms with Gasteiger partial charge in [-0.15, -0.1) is 0 Å². The number of unbranched alkanes of at least 4 members (excludes halogenated alkanes) is 2. The summed E-state index contributed by atoms with van der Waals surface area (Å²) in [7, 11) is 3.32. The van der Waals surface area contributed by atoms with Gasteiger partial charge in [-0.25, -0.2) is 0 Å². The van der Waals surface area contributed by atoms with Crippen molar-refractivity contribution in [3.05, 3.63) is 29.3 Å². The van der Waals surface area contributed by atoms with Crippen molar-refractivity contribution in [2.24, 2.45) is 0 Å². The Bertz CT molecular complexity index is 394. The van der Waals surface area contributed by atoms with E-state index in [2.05, 4.69) is 26.0 Å². The largest absolute Gasteiger partial charge is 0.493 e. The molecular formula is C16H24O2. The fourth-order valence-electron chi connectivity index (χ4n) is 1.95. The van der Waals surface area contributed by atoms with Crippen molar-refractivity contribution in [1.82, 2.24) is 0 Å². The molecule has 0 unspecified atom stereocenters. The average molecular weight is 248 g/mol. The zero-order chi connectivity index (χ0) is 13.4.